The molecule has 1 N–H and O–H groups in total. The predicted molar refractivity (Wildman–Crippen MR) is 112 cm³/mol. The van der Waals surface area contributed by atoms with Gasteiger partial charge in [0.25, 0.3) is 0 Å². The van der Waals surface area contributed by atoms with Gasteiger partial charge in [-0.15, -0.1) is 11.3 Å². The van der Waals surface area contributed by atoms with Crippen LogP contribution in [0.25, 0.3) is 0 Å². The molecular weight excluding hydrogens is 366 g/mol. The first-order valence-electron chi connectivity index (χ1n) is 8.54. The molecule has 3 rings (SSSR count). The van der Waals surface area contributed by atoms with Crippen molar-refractivity contribution in [2.24, 2.45) is 0 Å². The van der Waals surface area contributed by atoms with Crippen LogP contribution in [0.15, 0.2) is 30.3 Å². The minimum atomic E-state index is -0.279. The lowest BCUT2D eigenvalue weighted by Gasteiger charge is -2.36. The number of hydrogen-bond acceptors (Lipinski definition) is 5. The maximum absolute atomic E-state index is 11.6. The number of thiophene rings is 1. The Balaban J connectivity index is 1.58. The summed E-state index contributed by atoms with van der Waals surface area (Å²) in [5.41, 5.74) is 3.47. The average molecular weight is 390 g/mol. The molecule has 0 bridgehead atoms. The fraction of sp³-hybridized carbons (Fsp3) is 0.368. The fourth-order valence-corrected chi connectivity index (χ4v) is 4.17. The second kappa shape index (κ2) is 8.05. The van der Waals surface area contributed by atoms with Crippen LogP contribution >= 0.6 is 23.6 Å². The number of esters is 1. The Morgan fingerprint density at radius 3 is 2.58 bits per heavy atom. The molecular formula is C19H23N3O2S2. The standard InChI is InChI=1S/C19H23N3O2S2/c1-13-4-5-14(2)15(12-13)20-19(25)22-10-8-21(9-11-22)17-7-6-16(26-17)18(23)24-3/h4-7,12H,8-11H2,1-3H3,(H,20,25). The number of rotatable bonds is 3. The molecule has 1 saturated heterocycles. The maximum Gasteiger partial charge on any atom is 0.348 e. The van der Waals surface area contributed by atoms with Gasteiger partial charge in [0.1, 0.15) is 4.88 Å². The third-order valence-corrected chi connectivity index (χ3v) is 5.98. The number of nitrogens with zero attached hydrogens (tertiary/aromatic N) is 2. The minimum absolute atomic E-state index is 0.279. The maximum atomic E-state index is 11.6. The van der Waals surface area contributed by atoms with E-state index in [4.69, 9.17) is 17.0 Å². The van der Waals surface area contributed by atoms with Crippen LogP contribution in [0.3, 0.4) is 0 Å². The van der Waals surface area contributed by atoms with Gasteiger partial charge in [-0.1, -0.05) is 12.1 Å². The van der Waals surface area contributed by atoms with Crippen LogP contribution in [0.4, 0.5) is 10.7 Å². The highest BCUT2D eigenvalue weighted by Gasteiger charge is 2.21. The average Bonchev–Trinajstić information content (AvgIpc) is 3.14. The zero-order chi connectivity index (χ0) is 18.7. The van der Waals surface area contributed by atoms with E-state index in [1.54, 1.807) is 0 Å². The first-order chi connectivity index (χ1) is 12.5. The monoisotopic (exact) mass is 389 g/mol. The Labute approximate surface area is 163 Å². The number of aryl methyl sites for hydroxylation is 2. The molecule has 5 nitrogen and oxygen atoms in total. The van der Waals surface area contributed by atoms with E-state index in [0.717, 1.165) is 42.0 Å². The van der Waals surface area contributed by atoms with E-state index in [-0.39, 0.29) is 5.97 Å². The summed E-state index contributed by atoms with van der Waals surface area (Å²) in [7, 11) is 1.41. The normalized spacial score (nSPS) is 14.3. The van der Waals surface area contributed by atoms with E-state index in [9.17, 15) is 4.79 Å². The first-order valence-corrected chi connectivity index (χ1v) is 9.76. The second-order valence-electron chi connectivity index (χ2n) is 6.35. The summed E-state index contributed by atoms with van der Waals surface area (Å²) >= 11 is 7.08. The van der Waals surface area contributed by atoms with Gasteiger partial charge in [-0.05, 0) is 55.4 Å². The lowest BCUT2D eigenvalue weighted by Crippen LogP contribution is -2.49. The number of methoxy groups -OCH3 is 1. The van der Waals surface area contributed by atoms with Crippen molar-refractivity contribution < 1.29 is 9.53 Å². The van der Waals surface area contributed by atoms with Crippen molar-refractivity contribution in [3.63, 3.8) is 0 Å². The first kappa shape index (κ1) is 18.7. The van der Waals surface area contributed by atoms with Gasteiger partial charge in [0, 0.05) is 31.9 Å². The SMILES string of the molecule is COC(=O)c1ccc(N2CCN(C(=S)Nc3cc(C)ccc3C)CC2)s1. The van der Waals surface area contributed by atoms with E-state index in [1.807, 2.05) is 12.1 Å². The van der Waals surface area contributed by atoms with E-state index in [2.05, 4.69) is 47.2 Å². The molecule has 0 spiro atoms. The van der Waals surface area contributed by atoms with Crippen LogP contribution in [-0.2, 0) is 4.74 Å². The van der Waals surface area contributed by atoms with Gasteiger partial charge in [0.15, 0.2) is 5.11 Å². The molecule has 0 saturated carbocycles. The molecule has 1 aromatic carbocycles. The van der Waals surface area contributed by atoms with Crippen molar-refractivity contribution in [1.29, 1.82) is 0 Å². The molecule has 0 aliphatic carbocycles. The number of piperazine rings is 1. The lowest BCUT2D eigenvalue weighted by molar-refractivity contribution is 0.0606. The quantitative estimate of drug-likeness (QED) is 0.638. The number of carbonyl (C=O) groups is 1. The Bertz CT molecular complexity index is 811. The van der Waals surface area contributed by atoms with Crippen LogP contribution in [0, 0.1) is 13.8 Å². The van der Waals surface area contributed by atoms with Gasteiger partial charge in [-0.3, -0.25) is 0 Å². The van der Waals surface area contributed by atoms with Crippen LogP contribution in [0.1, 0.15) is 20.8 Å². The van der Waals surface area contributed by atoms with Crippen molar-refractivity contribution in [2.45, 2.75) is 13.8 Å². The highest BCUT2D eigenvalue weighted by molar-refractivity contribution is 7.80. The van der Waals surface area contributed by atoms with Gasteiger partial charge in [0.05, 0.1) is 12.1 Å². The fourth-order valence-electron chi connectivity index (χ4n) is 2.90. The van der Waals surface area contributed by atoms with Crippen LogP contribution in [-0.4, -0.2) is 49.3 Å². The lowest BCUT2D eigenvalue weighted by atomic mass is 10.1. The van der Waals surface area contributed by atoms with Crippen molar-refractivity contribution in [1.82, 2.24) is 4.90 Å². The third-order valence-electron chi connectivity index (χ3n) is 4.49. The van der Waals surface area contributed by atoms with Crippen LogP contribution < -0.4 is 10.2 Å². The van der Waals surface area contributed by atoms with Gasteiger partial charge in [0.2, 0.25) is 0 Å². The van der Waals surface area contributed by atoms with E-state index >= 15 is 0 Å². The molecule has 138 valence electrons. The Hall–Kier alpha value is -2.12. The summed E-state index contributed by atoms with van der Waals surface area (Å²) in [6, 6.07) is 10.1. The number of ether oxygens (including phenoxy) is 1. The smallest absolute Gasteiger partial charge is 0.348 e. The topological polar surface area (TPSA) is 44.8 Å². The molecule has 0 atom stereocenters. The van der Waals surface area contributed by atoms with Crippen LogP contribution in [0.2, 0.25) is 0 Å². The zero-order valence-corrected chi connectivity index (χ0v) is 16.9. The molecule has 26 heavy (non-hydrogen) atoms. The van der Waals surface area contributed by atoms with E-state index < -0.39 is 0 Å². The highest BCUT2D eigenvalue weighted by atomic mass is 32.1. The summed E-state index contributed by atoms with van der Waals surface area (Å²) in [5.74, 6) is -0.279. The van der Waals surface area contributed by atoms with Crippen molar-refractivity contribution in [3.05, 3.63) is 46.3 Å². The molecule has 0 amide bonds. The number of hydrogen-bond donors (Lipinski definition) is 1. The number of nitrogens with one attached hydrogen (secondary N) is 1. The largest absolute Gasteiger partial charge is 0.465 e. The van der Waals surface area contributed by atoms with Gasteiger partial charge in [-0.2, -0.15) is 0 Å². The summed E-state index contributed by atoms with van der Waals surface area (Å²) in [4.78, 5) is 16.7. The molecule has 2 heterocycles. The highest BCUT2D eigenvalue weighted by Crippen LogP contribution is 2.27. The van der Waals surface area contributed by atoms with Crippen molar-refractivity contribution >= 4 is 45.3 Å². The van der Waals surface area contributed by atoms with Gasteiger partial charge >= 0.3 is 5.97 Å². The molecule has 1 fully saturated rings. The van der Waals surface area contributed by atoms with E-state index in [1.165, 1.54) is 29.6 Å². The van der Waals surface area contributed by atoms with Crippen LogP contribution in [0.5, 0.6) is 0 Å². The molecule has 1 aromatic heterocycles. The zero-order valence-electron chi connectivity index (χ0n) is 15.2. The summed E-state index contributed by atoms with van der Waals surface area (Å²) in [6.45, 7) is 7.60. The number of carbonyl (C=O) groups excluding carboxylic acids is 1. The number of anilines is 2. The summed E-state index contributed by atoms with van der Waals surface area (Å²) in [5, 5.41) is 5.24. The molecule has 0 unspecified atom stereocenters. The molecule has 7 heteroatoms. The second-order valence-corrected chi connectivity index (χ2v) is 7.80. The minimum Gasteiger partial charge on any atom is -0.465 e. The summed E-state index contributed by atoms with van der Waals surface area (Å²) in [6.07, 6.45) is 0. The predicted octanol–water partition coefficient (Wildman–Crippen LogP) is 3.67. The molecule has 1 aliphatic heterocycles. The third kappa shape index (κ3) is 4.16. The van der Waals surface area contributed by atoms with Crippen molar-refractivity contribution in [3.8, 4) is 0 Å². The Morgan fingerprint density at radius 1 is 1.15 bits per heavy atom. The number of thiocarbonyl (C=S) groups is 1. The molecule has 2 aromatic rings. The van der Waals surface area contributed by atoms with Crippen molar-refractivity contribution in [2.75, 3.05) is 43.5 Å². The van der Waals surface area contributed by atoms with Gasteiger partial charge < -0.3 is 19.9 Å². The van der Waals surface area contributed by atoms with E-state index in [0.29, 0.717) is 4.88 Å². The Kier molecular flexibility index (Phi) is 5.78. The number of benzene rings is 1. The molecule has 0 radical (unpaired) electrons. The van der Waals surface area contributed by atoms with Gasteiger partial charge in [-0.25, -0.2) is 4.79 Å². The molecule has 1 aliphatic rings. The Morgan fingerprint density at radius 2 is 1.88 bits per heavy atom. The summed E-state index contributed by atoms with van der Waals surface area (Å²) < 4.78 is 4.78.